The van der Waals surface area contributed by atoms with Gasteiger partial charge in [0.2, 0.25) is 0 Å². The van der Waals surface area contributed by atoms with Crippen molar-refractivity contribution >= 4 is 39.6 Å². The molecular formula is C13H15IN2S. The molecule has 1 aromatic heterocycles. The van der Waals surface area contributed by atoms with Gasteiger partial charge >= 0.3 is 0 Å². The van der Waals surface area contributed by atoms with E-state index in [1.165, 1.54) is 24.7 Å². The minimum atomic E-state index is 0.860. The third-order valence-electron chi connectivity index (χ3n) is 2.55. The first-order valence-electron chi connectivity index (χ1n) is 5.62. The summed E-state index contributed by atoms with van der Waals surface area (Å²) in [5.74, 6) is 0. The monoisotopic (exact) mass is 358 g/mol. The summed E-state index contributed by atoms with van der Waals surface area (Å²) in [4.78, 5) is 5.65. The number of aryl methyl sites for hydroxylation is 2. The van der Waals surface area contributed by atoms with Crippen LogP contribution < -0.4 is 5.32 Å². The Labute approximate surface area is 120 Å². The average Bonchev–Trinajstić information content (AvgIpc) is 2.76. The predicted octanol–water partition coefficient (Wildman–Crippen LogP) is 4.23. The Kier molecular flexibility index (Phi) is 4.39. The molecule has 4 heteroatoms. The van der Waals surface area contributed by atoms with Crippen LogP contribution >= 0.6 is 33.9 Å². The van der Waals surface area contributed by atoms with Gasteiger partial charge < -0.3 is 5.32 Å². The van der Waals surface area contributed by atoms with Gasteiger partial charge in [-0.15, -0.1) is 11.3 Å². The van der Waals surface area contributed by atoms with Crippen LogP contribution in [0.1, 0.15) is 22.4 Å². The second kappa shape index (κ2) is 5.82. The minimum absolute atomic E-state index is 0.860. The lowest BCUT2D eigenvalue weighted by atomic mass is 10.2. The number of benzene rings is 1. The van der Waals surface area contributed by atoms with E-state index in [4.69, 9.17) is 0 Å². The molecule has 2 aromatic rings. The van der Waals surface area contributed by atoms with Crippen LogP contribution in [0.25, 0.3) is 0 Å². The first-order valence-corrected chi connectivity index (χ1v) is 7.52. The zero-order chi connectivity index (χ0) is 12.3. The summed E-state index contributed by atoms with van der Waals surface area (Å²) in [6.45, 7) is 5.13. The lowest BCUT2D eigenvalue weighted by Crippen LogP contribution is -1.99. The number of rotatable bonds is 4. The molecule has 2 rings (SSSR count). The van der Waals surface area contributed by atoms with E-state index in [0.717, 1.165) is 13.0 Å². The Morgan fingerprint density at radius 3 is 2.88 bits per heavy atom. The Morgan fingerprint density at radius 1 is 1.41 bits per heavy atom. The van der Waals surface area contributed by atoms with E-state index in [9.17, 15) is 0 Å². The van der Waals surface area contributed by atoms with E-state index in [0.29, 0.717) is 0 Å². The lowest BCUT2D eigenvalue weighted by Gasteiger charge is -2.08. The highest BCUT2D eigenvalue weighted by molar-refractivity contribution is 14.1. The molecule has 0 fully saturated rings. The second-order valence-electron chi connectivity index (χ2n) is 3.89. The Hall–Kier alpha value is -0.620. The maximum atomic E-state index is 4.36. The SMILES string of the molecule is CCc1ncc(CNc2ccc(I)cc2C)s1. The van der Waals surface area contributed by atoms with Crippen molar-refractivity contribution in [2.24, 2.45) is 0 Å². The summed E-state index contributed by atoms with van der Waals surface area (Å²) in [5, 5.41) is 4.67. The van der Waals surface area contributed by atoms with E-state index in [-0.39, 0.29) is 0 Å². The first-order chi connectivity index (χ1) is 8.19. The zero-order valence-electron chi connectivity index (χ0n) is 9.96. The fourth-order valence-electron chi connectivity index (χ4n) is 1.60. The van der Waals surface area contributed by atoms with Gasteiger partial charge in [-0.05, 0) is 59.7 Å². The molecule has 0 radical (unpaired) electrons. The second-order valence-corrected chi connectivity index (χ2v) is 6.33. The fourth-order valence-corrected chi connectivity index (χ4v) is 3.05. The molecule has 0 atom stereocenters. The van der Waals surface area contributed by atoms with Crippen molar-refractivity contribution in [2.75, 3.05) is 5.32 Å². The molecule has 0 bridgehead atoms. The molecular weight excluding hydrogens is 343 g/mol. The average molecular weight is 358 g/mol. The van der Waals surface area contributed by atoms with Gasteiger partial charge in [-0.3, -0.25) is 0 Å². The van der Waals surface area contributed by atoms with Crippen LogP contribution in [0, 0.1) is 10.5 Å². The molecule has 0 saturated heterocycles. The van der Waals surface area contributed by atoms with Crippen molar-refractivity contribution in [1.82, 2.24) is 4.98 Å². The van der Waals surface area contributed by atoms with Crippen molar-refractivity contribution in [3.05, 3.63) is 43.4 Å². The Bertz CT molecular complexity index is 508. The van der Waals surface area contributed by atoms with Crippen molar-refractivity contribution in [3.8, 4) is 0 Å². The van der Waals surface area contributed by atoms with Crippen LogP contribution in [-0.4, -0.2) is 4.98 Å². The largest absolute Gasteiger partial charge is 0.380 e. The fraction of sp³-hybridized carbons (Fsp3) is 0.308. The van der Waals surface area contributed by atoms with Crippen LogP contribution in [0.3, 0.4) is 0 Å². The van der Waals surface area contributed by atoms with Gasteiger partial charge in [-0.25, -0.2) is 4.98 Å². The molecule has 0 amide bonds. The maximum Gasteiger partial charge on any atom is 0.0925 e. The summed E-state index contributed by atoms with van der Waals surface area (Å²) in [7, 11) is 0. The zero-order valence-corrected chi connectivity index (χ0v) is 12.9. The van der Waals surface area contributed by atoms with Crippen molar-refractivity contribution in [3.63, 3.8) is 0 Å². The van der Waals surface area contributed by atoms with Crippen LogP contribution in [0.5, 0.6) is 0 Å². The van der Waals surface area contributed by atoms with Crippen LogP contribution in [-0.2, 0) is 13.0 Å². The maximum absolute atomic E-state index is 4.36. The summed E-state index contributed by atoms with van der Waals surface area (Å²) < 4.78 is 1.27. The standard InChI is InChI=1S/C13H15IN2S/c1-3-13-16-8-11(17-13)7-15-12-5-4-10(14)6-9(12)2/h4-6,8,15H,3,7H2,1-2H3. The van der Waals surface area contributed by atoms with Crippen LogP contribution in [0.2, 0.25) is 0 Å². The molecule has 0 spiro atoms. The quantitative estimate of drug-likeness (QED) is 0.828. The molecule has 0 aliphatic rings. The van der Waals surface area contributed by atoms with Gasteiger partial charge in [-0.1, -0.05) is 6.92 Å². The van der Waals surface area contributed by atoms with Gasteiger partial charge in [0.05, 0.1) is 11.6 Å². The number of anilines is 1. The number of halogens is 1. The molecule has 1 heterocycles. The van der Waals surface area contributed by atoms with Crippen LogP contribution in [0.15, 0.2) is 24.4 Å². The van der Waals surface area contributed by atoms with E-state index < -0.39 is 0 Å². The number of hydrogen-bond acceptors (Lipinski definition) is 3. The summed E-state index contributed by atoms with van der Waals surface area (Å²) in [6, 6.07) is 6.45. The molecule has 0 aliphatic carbocycles. The summed E-state index contributed by atoms with van der Waals surface area (Å²) in [6.07, 6.45) is 2.99. The van der Waals surface area contributed by atoms with Crippen molar-refractivity contribution in [2.45, 2.75) is 26.8 Å². The normalized spacial score (nSPS) is 10.5. The molecule has 0 unspecified atom stereocenters. The number of aromatic nitrogens is 1. The topological polar surface area (TPSA) is 24.9 Å². The van der Waals surface area contributed by atoms with E-state index in [1.54, 1.807) is 11.3 Å². The summed E-state index contributed by atoms with van der Waals surface area (Å²) in [5.41, 5.74) is 2.49. The predicted molar refractivity (Wildman–Crippen MR) is 82.7 cm³/mol. The molecule has 90 valence electrons. The molecule has 2 nitrogen and oxygen atoms in total. The Balaban J connectivity index is 2.02. The van der Waals surface area contributed by atoms with Gasteiger partial charge in [0.25, 0.3) is 0 Å². The van der Waals surface area contributed by atoms with Crippen LogP contribution in [0.4, 0.5) is 5.69 Å². The van der Waals surface area contributed by atoms with E-state index in [2.05, 4.69) is 64.9 Å². The Morgan fingerprint density at radius 2 is 2.24 bits per heavy atom. The number of thiazole rings is 1. The molecule has 1 N–H and O–H groups in total. The van der Waals surface area contributed by atoms with Crippen molar-refractivity contribution in [1.29, 1.82) is 0 Å². The van der Waals surface area contributed by atoms with Crippen molar-refractivity contribution < 1.29 is 0 Å². The number of nitrogens with zero attached hydrogens (tertiary/aromatic N) is 1. The highest BCUT2D eigenvalue weighted by Crippen LogP contribution is 2.20. The van der Waals surface area contributed by atoms with E-state index >= 15 is 0 Å². The smallest absolute Gasteiger partial charge is 0.0925 e. The first kappa shape index (κ1) is 12.8. The van der Waals surface area contributed by atoms with Gasteiger partial charge in [0.1, 0.15) is 0 Å². The van der Waals surface area contributed by atoms with Gasteiger partial charge in [-0.2, -0.15) is 0 Å². The molecule has 0 saturated carbocycles. The summed E-state index contributed by atoms with van der Waals surface area (Å²) >= 11 is 4.12. The molecule has 1 aromatic carbocycles. The highest BCUT2D eigenvalue weighted by atomic mass is 127. The third kappa shape index (κ3) is 3.42. The highest BCUT2D eigenvalue weighted by Gasteiger charge is 2.02. The molecule has 17 heavy (non-hydrogen) atoms. The molecule has 0 aliphatic heterocycles. The number of nitrogens with one attached hydrogen (secondary N) is 1. The van der Waals surface area contributed by atoms with E-state index in [1.807, 2.05) is 6.20 Å². The lowest BCUT2D eigenvalue weighted by molar-refractivity contribution is 1.09. The number of hydrogen-bond donors (Lipinski definition) is 1. The van der Waals surface area contributed by atoms with Gasteiger partial charge in [0.15, 0.2) is 0 Å². The van der Waals surface area contributed by atoms with Gasteiger partial charge in [0, 0.05) is 20.3 Å². The third-order valence-corrected chi connectivity index (χ3v) is 4.36. The minimum Gasteiger partial charge on any atom is -0.380 e.